The summed E-state index contributed by atoms with van der Waals surface area (Å²) in [5.41, 5.74) is -0.589. The van der Waals surface area contributed by atoms with Gasteiger partial charge >= 0.3 is 0 Å². The Kier molecular flexibility index (Phi) is 3.99. The van der Waals surface area contributed by atoms with Crippen molar-refractivity contribution in [1.29, 1.82) is 5.26 Å². The van der Waals surface area contributed by atoms with E-state index in [9.17, 15) is 9.59 Å². The Hall–Kier alpha value is -3.15. The van der Waals surface area contributed by atoms with Crippen LogP contribution in [0.25, 0.3) is 0 Å². The SMILES string of the molecule is CC(C(=O)NCc1cc(=O)c(O)co1)n1cnc(C#N)n1. The minimum Gasteiger partial charge on any atom is -0.502 e. The van der Waals surface area contributed by atoms with E-state index in [0.717, 1.165) is 12.3 Å². The molecule has 0 aliphatic heterocycles. The highest BCUT2D eigenvalue weighted by Crippen LogP contribution is 2.06. The molecule has 2 aromatic rings. The van der Waals surface area contributed by atoms with Crippen LogP contribution in [-0.4, -0.2) is 25.8 Å². The van der Waals surface area contributed by atoms with Gasteiger partial charge in [0, 0.05) is 6.07 Å². The maximum atomic E-state index is 11.9. The lowest BCUT2D eigenvalue weighted by Crippen LogP contribution is -2.31. The molecular weight excluding hydrogens is 278 g/mol. The van der Waals surface area contributed by atoms with E-state index in [0.29, 0.717) is 0 Å². The first-order chi connectivity index (χ1) is 10.0. The maximum absolute atomic E-state index is 11.9. The summed E-state index contributed by atoms with van der Waals surface area (Å²) in [6.45, 7) is 1.57. The zero-order valence-electron chi connectivity index (χ0n) is 11.0. The predicted molar refractivity (Wildman–Crippen MR) is 67.9 cm³/mol. The average molecular weight is 289 g/mol. The number of nitrogens with zero attached hydrogens (tertiary/aromatic N) is 4. The Morgan fingerprint density at radius 3 is 3.05 bits per heavy atom. The summed E-state index contributed by atoms with van der Waals surface area (Å²) < 4.78 is 6.20. The van der Waals surface area contributed by atoms with Crippen molar-refractivity contribution in [2.24, 2.45) is 0 Å². The minimum absolute atomic E-state index is 0.0154. The highest BCUT2D eigenvalue weighted by Gasteiger charge is 2.16. The summed E-state index contributed by atoms with van der Waals surface area (Å²) in [6.07, 6.45) is 2.19. The molecule has 0 fully saturated rings. The van der Waals surface area contributed by atoms with Crippen molar-refractivity contribution in [3.63, 3.8) is 0 Å². The van der Waals surface area contributed by atoms with E-state index in [4.69, 9.17) is 14.8 Å². The van der Waals surface area contributed by atoms with Crippen molar-refractivity contribution in [2.75, 3.05) is 0 Å². The highest BCUT2D eigenvalue weighted by atomic mass is 16.4. The van der Waals surface area contributed by atoms with Gasteiger partial charge in [0.1, 0.15) is 30.5 Å². The molecule has 2 heterocycles. The number of aromatic nitrogens is 3. The van der Waals surface area contributed by atoms with Gasteiger partial charge in [0.15, 0.2) is 5.75 Å². The van der Waals surface area contributed by atoms with Crippen LogP contribution in [0.3, 0.4) is 0 Å². The molecule has 2 rings (SSSR count). The second-order valence-electron chi connectivity index (χ2n) is 4.15. The van der Waals surface area contributed by atoms with Crippen molar-refractivity contribution in [3.05, 3.63) is 40.5 Å². The number of rotatable bonds is 4. The molecule has 2 N–H and O–H groups in total. The van der Waals surface area contributed by atoms with Crippen LogP contribution < -0.4 is 10.7 Å². The third-order valence-corrected chi connectivity index (χ3v) is 2.69. The summed E-state index contributed by atoms with van der Waals surface area (Å²) in [5.74, 6) is -0.709. The molecule has 21 heavy (non-hydrogen) atoms. The standard InChI is InChI=1S/C12H11N5O4/c1-7(17-6-15-11(3-13)16-17)12(20)14-4-8-2-9(18)10(19)5-21-8/h2,5-7,19H,4H2,1H3,(H,14,20). The number of hydrogen-bond acceptors (Lipinski definition) is 7. The zero-order valence-corrected chi connectivity index (χ0v) is 11.0. The van der Waals surface area contributed by atoms with Crippen molar-refractivity contribution >= 4 is 5.91 Å². The van der Waals surface area contributed by atoms with E-state index in [-0.39, 0.29) is 24.0 Å². The molecule has 1 atom stereocenters. The normalized spacial score (nSPS) is 11.6. The van der Waals surface area contributed by atoms with Gasteiger partial charge in [-0.25, -0.2) is 9.67 Å². The molecule has 0 saturated carbocycles. The number of nitrogens with one attached hydrogen (secondary N) is 1. The first-order valence-electron chi connectivity index (χ1n) is 5.91. The second-order valence-corrected chi connectivity index (χ2v) is 4.15. The average Bonchev–Trinajstić information content (AvgIpc) is 2.96. The molecule has 2 aromatic heterocycles. The molecule has 0 aliphatic carbocycles. The number of hydrogen-bond donors (Lipinski definition) is 2. The molecule has 0 bridgehead atoms. The fraction of sp³-hybridized carbons (Fsp3) is 0.250. The van der Waals surface area contributed by atoms with Crippen LogP contribution in [-0.2, 0) is 11.3 Å². The second kappa shape index (κ2) is 5.87. The van der Waals surface area contributed by atoms with Crippen LogP contribution >= 0.6 is 0 Å². The molecule has 9 heteroatoms. The lowest BCUT2D eigenvalue weighted by Gasteiger charge is -2.11. The molecule has 108 valence electrons. The third kappa shape index (κ3) is 3.24. The van der Waals surface area contributed by atoms with Gasteiger partial charge in [-0.2, -0.15) is 5.26 Å². The van der Waals surface area contributed by atoms with Crippen molar-refractivity contribution in [3.8, 4) is 11.8 Å². The van der Waals surface area contributed by atoms with Gasteiger partial charge in [0.2, 0.25) is 11.3 Å². The molecule has 0 saturated heterocycles. The van der Waals surface area contributed by atoms with Gasteiger partial charge in [0.25, 0.3) is 5.82 Å². The largest absolute Gasteiger partial charge is 0.502 e. The lowest BCUT2D eigenvalue weighted by molar-refractivity contribution is -0.124. The van der Waals surface area contributed by atoms with Crippen LogP contribution in [0, 0.1) is 11.3 Å². The predicted octanol–water partition coefficient (Wildman–Crippen LogP) is -0.314. The highest BCUT2D eigenvalue weighted by molar-refractivity contribution is 5.79. The molecule has 9 nitrogen and oxygen atoms in total. The summed E-state index contributed by atoms with van der Waals surface area (Å²) in [5, 5.41) is 24.0. The van der Waals surface area contributed by atoms with Crippen molar-refractivity contribution in [1.82, 2.24) is 20.1 Å². The Bertz CT molecular complexity index is 757. The Morgan fingerprint density at radius 1 is 1.67 bits per heavy atom. The van der Waals surface area contributed by atoms with Gasteiger partial charge in [-0.3, -0.25) is 9.59 Å². The van der Waals surface area contributed by atoms with Gasteiger partial charge < -0.3 is 14.8 Å². The molecule has 1 amide bonds. The van der Waals surface area contributed by atoms with Crippen LogP contribution in [0.1, 0.15) is 24.6 Å². The van der Waals surface area contributed by atoms with E-state index in [1.54, 1.807) is 13.0 Å². The van der Waals surface area contributed by atoms with E-state index in [1.807, 2.05) is 0 Å². The lowest BCUT2D eigenvalue weighted by atomic mass is 10.3. The topological polar surface area (TPSA) is 134 Å². The van der Waals surface area contributed by atoms with Gasteiger partial charge in [-0.15, -0.1) is 5.10 Å². The zero-order chi connectivity index (χ0) is 15.4. The van der Waals surface area contributed by atoms with E-state index >= 15 is 0 Å². The smallest absolute Gasteiger partial charge is 0.252 e. The summed E-state index contributed by atoms with van der Waals surface area (Å²) >= 11 is 0. The van der Waals surface area contributed by atoms with Crippen LogP contribution in [0.5, 0.6) is 5.75 Å². The molecule has 1 unspecified atom stereocenters. The first kappa shape index (κ1) is 14.3. The fourth-order valence-electron chi connectivity index (χ4n) is 1.49. The van der Waals surface area contributed by atoms with E-state index in [2.05, 4.69) is 15.4 Å². The molecular formula is C12H11N5O4. The Morgan fingerprint density at radius 2 is 2.43 bits per heavy atom. The third-order valence-electron chi connectivity index (χ3n) is 2.69. The van der Waals surface area contributed by atoms with Crippen molar-refractivity contribution in [2.45, 2.75) is 19.5 Å². The Balaban J connectivity index is 1.99. The quantitative estimate of drug-likeness (QED) is 0.788. The van der Waals surface area contributed by atoms with Crippen LogP contribution in [0.2, 0.25) is 0 Å². The minimum atomic E-state index is -0.677. The van der Waals surface area contributed by atoms with E-state index < -0.39 is 17.2 Å². The summed E-state index contributed by atoms with van der Waals surface area (Å²) in [4.78, 5) is 26.8. The first-order valence-corrected chi connectivity index (χ1v) is 5.91. The number of amides is 1. The maximum Gasteiger partial charge on any atom is 0.252 e. The fourth-order valence-corrected chi connectivity index (χ4v) is 1.49. The van der Waals surface area contributed by atoms with Crippen LogP contribution in [0.4, 0.5) is 0 Å². The number of nitriles is 1. The summed E-state index contributed by atoms with van der Waals surface area (Å²) in [6, 6.07) is 2.17. The van der Waals surface area contributed by atoms with Crippen LogP contribution in [0.15, 0.2) is 27.9 Å². The van der Waals surface area contributed by atoms with E-state index in [1.165, 1.54) is 11.0 Å². The summed E-state index contributed by atoms with van der Waals surface area (Å²) in [7, 11) is 0. The molecule has 0 aliphatic rings. The number of carbonyl (C=O) groups is 1. The molecule has 0 radical (unpaired) electrons. The number of carbonyl (C=O) groups excluding carboxylic acids is 1. The van der Waals surface area contributed by atoms with Gasteiger partial charge in [-0.05, 0) is 6.92 Å². The monoisotopic (exact) mass is 289 g/mol. The Labute approximate surface area is 118 Å². The molecule has 0 aromatic carbocycles. The van der Waals surface area contributed by atoms with Gasteiger partial charge in [0.05, 0.1) is 6.54 Å². The van der Waals surface area contributed by atoms with Crippen molar-refractivity contribution < 1.29 is 14.3 Å². The molecule has 0 spiro atoms. The number of aromatic hydroxyl groups is 1. The van der Waals surface area contributed by atoms with Gasteiger partial charge in [-0.1, -0.05) is 0 Å².